The molecule has 1 aromatic carbocycles. The summed E-state index contributed by atoms with van der Waals surface area (Å²) in [6.07, 6.45) is 0. The first-order valence-electron chi connectivity index (χ1n) is 4.32. The number of anilines is 1. The maximum Gasteiger partial charge on any atom is 0.0452 e. The second-order valence-corrected chi connectivity index (χ2v) is 4.33. The molecule has 0 aromatic heterocycles. The smallest absolute Gasteiger partial charge is 0.0452 e. The van der Waals surface area contributed by atoms with Crippen LogP contribution in [0, 0.1) is 0 Å². The lowest BCUT2D eigenvalue weighted by molar-refractivity contribution is 0.437. The monoisotopic (exact) mass is 196 g/mol. The van der Waals surface area contributed by atoms with E-state index >= 15 is 0 Å². The minimum atomic E-state index is 0.881. The van der Waals surface area contributed by atoms with E-state index in [4.69, 9.17) is 5.73 Å². The van der Waals surface area contributed by atoms with Gasteiger partial charge in [-0.15, -0.1) is 11.8 Å². The summed E-state index contributed by atoms with van der Waals surface area (Å²) in [5, 5.41) is 0. The molecule has 0 saturated carbocycles. The van der Waals surface area contributed by atoms with Crippen molar-refractivity contribution in [2.24, 2.45) is 0 Å². The van der Waals surface area contributed by atoms with Gasteiger partial charge in [-0.1, -0.05) is 12.1 Å². The Bertz CT molecular complexity index is 261. The molecule has 0 radical (unpaired) electrons. The number of hydrogen-bond donors (Lipinski definition) is 1. The first-order valence-corrected chi connectivity index (χ1v) is 5.31. The number of nitrogen functional groups attached to an aromatic ring is 1. The van der Waals surface area contributed by atoms with Gasteiger partial charge in [0.05, 0.1) is 0 Å². The number of para-hydroxylation sites is 1. The standard InChI is InChI=1S/C10H16N2S/c1-12(2)7-8-13-10-6-4-3-5-9(10)11/h3-6H,7-8,11H2,1-2H3. The molecule has 0 bridgehead atoms. The number of nitrogens with two attached hydrogens (primary N) is 1. The first kappa shape index (κ1) is 10.4. The molecule has 0 aliphatic rings. The second-order valence-electron chi connectivity index (χ2n) is 3.19. The van der Waals surface area contributed by atoms with E-state index in [1.807, 2.05) is 30.0 Å². The van der Waals surface area contributed by atoms with Crippen molar-refractivity contribution in [2.75, 3.05) is 32.1 Å². The highest BCUT2D eigenvalue weighted by atomic mass is 32.2. The normalized spacial score (nSPS) is 10.7. The Balaban J connectivity index is 2.41. The Morgan fingerprint density at radius 3 is 2.62 bits per heavy atom. The summed E-state index contributed by atoms with van der Waals surface area (Å²) < 4.78 is 0. The zero-order valence-electron chi connectivity index (χ0n) is 8.16. The van der Waals surface area contributed by atoms with Gasteiger partial charge in [-0.05, 0) is 26.2 Å². The van der Waals surface area contributed by atoms with Gasteiger partial charge in [0.1, 0.15) is 0 Å². The van der Waals surface area contributed by atoms with E-state index in [0.717, 1.165) is 18.0 Å². The lowest BCUT2D eigenvalue weighted by Crippen LogP contribution is -2.14. The van der Waals surface area contributed by atoms with Crippen LogP contribution in [0.15, 0.2) is 29.2 Å². The fourth-order valence-corrected chi connectivity index (χ4v) is 2.04. The molecule has 0 aliphatic heterocycles. The lowest BCUT2D eigenvalue weighted by Gasteiger charge is -2.09. The highest BCUT2D eigenvalue weighted by molar-refractivity contribution is 7.99. The van der Waals surface area contributed by atoms with Gasteiger partial charge in [0, 0.05) is 22.9 Å². The van der Waals surface area contributed by atoms with Gasteiger partial charge < -0.3 is 10.6 Å². The van der Waals surface area contributed by atoms with Crippen molar-refractivity contribution in [1.82, 2.24) is 4.90 Å². The molecule has 0 heterocycles. The third kappa shape index (κ3) is 3.70. The Hall–Kier alpha value is -0.670. The van der Waals surface area contributed by atoms with Crippen LogP contribution in [0.5, 0.6) is 0 Å². The van der Waals surface area contributed by atoms with Crippen LogP contribution in [0.2, 0.25) is 0 Å². The highest BCUT2D eigenvalue weighted by Gasteiger charge is 1.98. The molecule has 3 heteroatoms. The molecule has 0 atom stereocenters. The van der Waals surface area contributed by atoms with Crippen molar-refractivity contribution >= 4 is 17.4 Å². The van der Waals surface area contributed by atoms with E-state index in [0.29, 0.717) is 0 Å². The molecular formula is C10H16N2S. The van der Waals surface area contributed by atoms with Gasteiger partial charge in [0.2, 0.25) is 0 Å². The Morgan fingerprint density at radius 2 is 2.00 bits per heavy atom. The van der Waals surface area contributed by atoms with Crippen LogP contribution in [-0.4, -0.2) is 31.3 Å². The molecule has 1 rings (SSSR count). The second kappa shape index (κ2) is 5.14. The number of nitrogens with zero attached hydrogens (tertiary/aromatic N) is 1. The minimum absolute atomic E-state index is 0.881. The third-order valence-corrected chi connectivity index (χ3v) is 2.78. The SMILES string of the molecule is CN(C)CCSc1ccccc1N. The molecule has 0 amide bonds. The molecule has 2 N–H and O–H groups in total. The molecule has 0 unspecified atom stereocenters. The van der Waals surface area contributed by atoms with Crippen LogP contribution in [0.1, 0.15) is 0 Å². The summed E-state index contributed by atoms with van der Waals surface area (Å²) in [4.78, 5) is 3.36. The van der Waals surface area contributed by atoms with E-state index in [2.05, 4.69) is 25.1 Å². The average Bonchev–Trinajstić information content (AvgIpc) is 2.08. The van der Waals surface area contributed by atoms with Gasteiger partial charge in [-0.2, -0.15) is 0 Å². The topological polar surface area (TPSA) is 29.3 Å². The number of benzene rings is 1. The third-order valence-electron chi connectivity index (χ3n) is 1.72. The van der Waals surface area contributed by atoms with Crippen molar-refractivity contribution < 1.29 is 0 Å². The van der Waals surface area contributed by atoms with E-state index in [-0.39, 0.29) is 0 Å². The van der Waals surface area contributed by atoms with Crippen molar-refractivity contribution in [2.45, 2.75) is 4.90 Å². The van der Waals surface area contributed by atoms with E-state index in [9.17, 15) is 0 Å². The predicted molar refractivity (Wildman–Crippen MR) is 60.1 cm³/mol. The average molecular weight is 196 g/mol. The molecule has 0 aliphatic carbocycles. The quantitative estimate of drug-likeness (QED) is 0.589. The van der Waals surface area contributed by atoms with Crippen LogP contribution in [-0.2, 0) is 0 Å². The van der Waals surface area contributed by atoms with Crippen molar-refractivity contribution in [3.63, 3.8) is 0 Å². The van der Waals surface area contributed by atoms with Gasteiger partial charge in [-0.3, -0.25) is 0 Å². The summed E-state index contributed by atoms with van der Waals surface area (Å²) in [7, 11) is 4.16. The summed E-state index contributed by atoms with van der Waals surface area (Å²) in [5.41, 5.74) is 6.68. The fraction of sp³-hybridized carbons (Fsp3) is 0.400. The highest BCUT2D eigenvalue weighted by Crippen LogP contribution is 2.23. The Morgan fingerprint density at radius 1 is 1.31 bits per heavy atom. The van der Waals surface area contributed by atoms with Crippen LogP contribution >= 0.6 is 11.8 Å². The molecule has 2 nitrogen and oxygen atoms in total. The van der Waals surface area contributed by atoms with Gasteiger partial charge >= 0.3 is 0 Å². The summed E-state index contributed by atoms with van der Waals surface area (Å²) in [5.74, 6) is 1.08. The van der Waals surface area contributed by atoms with E-state index in [1.165, 1.54) is 4.90 Å². The van der Waals surface area contributed by atoms with Crippen LogP contribution in [0.25, 0.3) is 0 Å². The molecule has 0 fully saturated rings. The maximum absolute atomic E-state index is 5.80. The van der Waals surface area contributed by atoms with Crippen molar-refractivity contribution in [3.05, 3.63) is 24.3 Å². The van der Waals surface area contributed by atoms with Gasteiger partial charge in [0.15, 0.2) is 0 Å². The van der Waals surface area contributed by atoms with Gasteiger partial charge in [0.25, 0.3) is 0 Å². The Labute approximate surface area is 84.1 Å². The summed E-state index contributed by atoms with van der Waals surface area (Å²) in [6.45, 7) is 1.08. The number of thioether (sulfide) groups is 1. The summed E-state index contributed by atoms with van der Waals surface area (Å²) >= 11 is 1.81. The van der Waals surface area contributed by atoms with E-state index in [1.54, 1.807) is 0 Å². The van der Waals surface area contributed by atoms with Crippen LogP contribution in [0.3, 0.4) is 0 Å². The maximum atomic E-state index is 5.80. The largest absolute Gasteiger partial charge is 0.398 e. The molecule has 1 aromatic rings. The molecule has 13 heavy (non-hydrogen) atoms. The van der Waals surface area contributed by atoms with Crippen LogP contribution in [0.4, 0.5) is 5.69 Å². The van der Waals surface area contributed by atoms with E-state index < -0.39 is 0 Å². The first-order chi connectivity index (χ1) is 6.20. The molecular weight excluding hydrogens is 180 g/mol. The lowest BCUT2D eigenvalue weighted by atomic mass is 10.3. The summed E-state index contributed by atoms with van der Waals surface area (Å²) in [6, 6.07) is 7.99. The molecule has 0 saturated heterocycles. The predicted octanol–water partition coefficient (Wildman–Crippen LogP) is 1.92. The number of hydrogen-bond acceptors (Lipinski definition) is 3. The number of rotatable bonds is 4. The van der Waals surface area contributed by atoms with Crippen molar-refractivity contribution in [3.8, 4) is 0 Å². The van der Waals surface area contributed by atoms with Crippen molar-refractivity contribution in [1.29, 1.82) is 0 Å². The zero-order chi connectivity index (χ0) is 9.68. The fourth-order valence-electron chi connectivity index (χ4n) is 0.950. The van der Waals surface area contributed by atoms with Crippen LogP contribution < -0.4 is 5.73 Å². The Kier molecular flexibility index (Phi) is 4.12. The zero-order valence-corrected chi connectivity index (χ0v) is 8.97. The molecule has 0 spiro atoms. The minimum Gasteiger partial charge on any atom is -0.398 e. The van der Waals surface area contributed by atoms with Gasteiger partial charge in [-0.25, -0.2) is 0 Å². The molecule has 72 valence electrons.